The van der Waals surface area contributed by atoms with Gasteiger partial charge in [0.05, 0.1) is 5.25 Å². The molecule has 0 aromatic rings. The van der Waals surface area contributed by atoms with E-state index in [9.17, 15) is 8.42 Å². The van der Waals surface area contributed by atoms with Gasteiger partial charge in [-0.25, -0.2) is 12.7 Å². The van der Waals surface area contributed by atoms with Crippen LogP contribution >= 0.6 is 15.9 Å². The van der Waals surface area contributed by atoms with Gasteiger partial charge in [0.15, 0.2) is 0 Å². The lowest BCUT2D eigenvalue weighted by atomic mass is 10.2. The Balaban J connectivity index is 1.96. The van der Waals surface area contributed by atoms with Gasteiger partial charge in [0.1, 0.15) is 0 Å². The van der Waals surface area contributed by atoms with E-state index in [4.69, 9.17) is 4.74 Å². The number of rotatable bonds is 4. The van der Waals surface area contributed by atoms with Crippen LogP contribution in [0.1, 0.15) is 19.3 Å². The Hall–Kier alpha value is 0.310. The van der Waals surface area contributed by atoms with Crippen molar-refractivity contribution in [1.82, 2.24) is 9.21 Å². The fourth-order valence-electron chi connectivity index (χ4n) is 2.73. The number of nitrogens with zero attached hydrogens (tertiary/aromatic N) is 2. The molecular formula is C12H23BrN2O3S. The molecule has 2 aliphatic rings. The van der Waals surface area contributed by atoms with Gasteiger partial charge in [-0.05, 0) is 25.8 Å². The summed E-state index contributed by atoms with van der Waals surface area (Å²) in [7, 11) is -3.13. The molecule has 5 nitrogen and oxygen atoms in total. The molecule has 2 heterocycles. The van der Waals surface area contributed by atoms with Crippen molar-refractivity contribution in [3.63, 3.8) is 0 Å². The van der Waals surface area contributed by atoms with Gasteiger partial charge in [0.25, 0.3) is 0 Å². The number of hydrogen-bond donors (Lipinski definition) is 0. The van der Waals surface area contributed by atoms with Crippen LogP contribution in [0.4, 0.5) is 0 Å². The number of halogens is 1. The second-order valence-corrected chi connectivity index (χ2v) is 8.15. The maximum atomic E-state index is 12.6. The smallest absolute Gasteiger partial charge is 0.217 e. The Morgan fingerprint density at radius 1 is 1.11 bits per heavy atom. The van der Waals surface area contributed by atoms with Crippen LogP contribution in [0.2, 0.25) is 0 Å². The average molecular weight is 355 g/mol. The van der Waals surface area contributed by atoms with E-state index >= 15 is 0 Å². The fraction of sp³-hybridized carbons (Fsp3) is 1.00. The number of ether oxygens (including phenoxy) is 1. The molecule has 0 amide bonds. The zero-order valence-corrected chi connectivity index (χ0v) is 13.7. The van der Waals surface area contributed by atoms with E-state index in [-0.39, 0.29) is 5.25 Å². The molecule has 2 saturated heterocycles. The summed E-state index contributed by atoms with van der Waals surface area (Å²) in [5.41, 5.74) is 0. The van der Waals surface area contributed by atoms with Gasteiger partial charge in [0, 0.05) is 44.7 Å². The highest BCUT2D eigenvalue weighted by Crippen LogP contribution is 2.21. The SMILES string of the molecule is O=S(=O)(C1CCOCC1)N1CCCN(CCBr)CC1. The summed E-state index contributed by atoms with van der Waals surface area (Å²) in [5, 5.41) is 0.712. The van der Waals surface area contributed by atoms with Gasteiger partial charge in [-0.1, -0.05) is 15.9 Å². The molecule has 0 bridgehead atoms. The lowest BCUT2D eigenvalue weighted by Crippen LogP contribution is -2.43. The summed E-state index contributed by atoms with van der Waals surface area (Å²) in [6, 6.07) is 0. The van der Waals surface area contributed by atoms with Crippen LogP contribution in [-0.2, 0) is 14.8 Å². The predicted octanol–water partition coefficient (Wildman–Crippen LogP) is 0.898. The minimum atomic E-state index is -3.13. The van der Waals surface area contributed by atoms with E-state index in [0.29, 0.717) is 39.1 Å². The molecule has 0 aliphatic carbocycles. The van der Waals surface area contributed by atoms with Crippen molar-refractivity contribution < 1.29 is 13.2 Å². The topological polar surface area (TPSA) is 49.9 Å². The molecule has 0 aromatic heterocycles. The number of alkyl halides is 1. The van der Waals surface area contributed by atoms with Crippen LogP contribution < -0.4 is 0 Å². The summed E-state index contributed by atoms with van der Waals surface area (Å²) in [6.07, 6.45) is 2.21. The molecule has 0 spiro atoms. The van der Waals surface area contributed by atoms with Gasteiger partial charge in [-0.3, -0.25) is 0 Å². The molecule has 2 aliphatic heterocycles. The van der Waals surface area contributed by atoms with Gasteiger partial charge in [-0.2, -0.15) is 0 Å². The lowest BCUT2D eigenvalue weighted by Gasteiger charge is -2.28. The second-order valence-electron chi connectivity index (χ2n) is 5.14. The highest BCUT2D eigenvalue weighted by Gasteiger charge is 2.34. The van der Waals surface area contributed by atoms with Crippen LogP contribution in [0.15, 0.2) is 0 Å². The highest BCUT2D eigenvalue weighted by molar-refractivity contribution is 9.09. The maximum absolute atomic E-state index is 12.6. The predicted molar refractivity (Wildman–Crippen MR) is 79.2 cm³/mol. The first kappa shape index (κ1) is 15.7. The summed E-state index contributed by atoms with van der Waals surface area (Å²) in [6.45, 7) is 5.27. The molecule has 0 radical (unpaired) electrons. The Bertz CT molecular complexity index is 371. The van der Waals surface area contributed by atoms with Crippen molar-refractivity contribution >= 4 is 26.0 Å². The molecule has 0 atom stereocenters. The molecule has 2 rings (SSSR count). The normalized spacial score (nSPS) is 25.3. The van der Waals surface area contributed by atoms with Gasteiger partial charge < -0.3 is 9.64 Å². The van der Waals surface area contributed by atoms with Crippen LogP contribution in [0.5, 0.6) is 0 Å². The largest absolute Gasteiger partial charge is 0.381 e. The Morgan fingerprint density at radius 2 is 1.84 bits per heavy atom. The molecule has 7 heteroatoms. The molecule has 2 fully saturated rings. The van der Waals surface area contributed by atoms with Gasteiger partial charge >= 0.3 is 0 Å². The average Bonchev–Trinajstić information content (AvgIpc) is 2.66. The Morgan fingerprint density at radius 3 is 2.53 bits per heavy atom. The van der Waals surface area contributed by atoms with Crippen LogP contribution in [0, 0.1) is 0 Å². The first-order chi connectivity index (χ1) is 9.14. The van der Waals surface area contributed by atoms with E-state index in [2.05, 4.69) is 20.8 Å². The van der Waals surface area contributed by atoms with Crippen LogP contribution in [-0.4, -0.2) is 74.1 Å². The third-order valence-corrected chi connectivity index (χ3v) is 6.65. The van der Waals surface area contributed by atoms with Crippen LogP contribution in [0.25, 0.3) is 0 Å². The highest BCUT2D eigenvalue weighted by atomic mass is 79.9. The van der Waals surface area contributed by atoms with Gasteiger partial charge in [-0.15, -0.1) is 0 Å². The van der Waals surface area contributed by atoms with Crippen molar-refractivity contribution in [1.29, 1.82) is 0 Å². The minimum absolute atomic E-state index is 0.232. The fourth-order valence-corrected chi connectivity index (χ4v) is 5.16. The van der Waals surface area contributed by atoms with Crippen molar-refractivity contribution in [3.05, 3.63) is 0 Å². The van der Waals surface area contributed by atoms with E-state index < -0.39 is 10.0 Å². The summed E-state index contributed by atoms with van der Waals surface area (Å²) in [5.74, 6) is 0. The zero-order valence-electron chi connectivity index (χ0n) is 11.3. The second kappa shape index (κ2) is 7.36. The van der Waals surface area contributed by atoms with Crippen molar-refractivity contribution in [2.24, 2.45) is 0 Å². The first-order valence-corrected chi connectivity index (χ1v) is 9.62. The van der Waals surface area contributed by atoms with Crippen molar-refractivity contribution in [2.75, 3.05) is 51.3 Å². The summed E-state index contributed by atoms with van der Waals surface area (Å²) < 4.78 is 32.2. The standard InChI is InChI=1S/C12H23BrN2O3S/c13-4-7-14-5-1-6-15(9-8-14)19(16,17)12-2-10-18-11-3-12/h12H,1-11H2. The minimum Gasteiger partial charge on any atom is -0.381 e. The zero-order chi connectivity index (χ0) is 13.7. The lowest BCUT2D eigenvalue weighted by molar-refractivity contribution is 0.0972. The molecule has 0 N–H and O–H groups in total. The summed E-state index contributed by atoms with van der Waals surface area (Å²) in [4.78, 5) is 2.33. The Kier molecular flexibility index (Phi) is 6.08. The number of sulfonamides is 1. The van der Waals surface area contributed by atoms with E-state index in [1.165, 1.54) is 0 Å². The summed E-state index contributed by atoms with van der Waals surface area (Å²) >= 11 is 3.44. The van der Waals surface area contributed by atoms with Crippen molar-refractivity contribution in [2.45, 2.75) is 24.5 Å². The number of hydrogen-bond acceptors (Lipinski definition) is 4. The maximum Gasteiger partial charge on any atom is 0.217 e. The molecule has 0 aromatic carbocycles. The monoisotopic (exact) mass is 354 g/mol. The van der Waals surface area contributed by atoms with E-state index in [1.807, 2.05) is 0 Å². The molecule has 0 saturated carbocycles. The first-order valence-electron chi connectivity index (χ1n) is 6.99. The van der Waals surface area contributed by atoms with Gasteiger partial charge in [0.2, 0.25) is 10.0 Å². The van der Waals surface area contributed by atoms with E-state index in [1.54, 1.807) is 4.31 Å². The van der Waals surface area contributed by atoms with Crippen LogP contribution in [0.3, 0.4) is 0 Å². The van der Waals surface area contributed by atoms with Crippen molar-refractivity contribution in [3.8, 4) is 0 Å². The molecular weight excluding hydrogens is 332 g/mol. The Labute approximate surface area is 124 Å². The third kappa shape index (κ3) is 4.14. The molecule has 112 valence electrons. The van der Waals surface area contributed by atoms with E-state index in [0.717, 1.165) is 31.4 Å². The molecule has 19 heavy (non-hydrogen) atoms. The third-order valence-electron chi connectivity index (χ3n) is 3.90. The quantitative estimate of drug-likeness (QED) is 0.703. The molecule has 0 unspecified atom stereocenters.